The number of nitrogens with zero attached hydrogens (tertiary/aromatic N) is 7. The lowest BCUT2D eigenvalue weighted by Crippen LogP contribution is -2.54. The first-order chi connectivity index (χ1) is 18.4. The van der Waals surface area contributed by atoms with Crippen LogP contribution >= 0.6 is 0 Å². The molecule has 2 atom stereocenters. The number of pyridine rings is 1. The van der Waals surface area contributed by atoms with Gasteiger partial charge in [-0.25, -0.2) is 15.0 Å². The Bertz CT molecular complexity index is 1630. The summed E-state index contributed by atoms with van der Waals surface area (Å²) in [4.78, 5) is 37.6. The van der Waals surface area contributed by atoms with E-state index in [-0.39, 0.29) is 5.91 Å². The van der Waals surface area contributed by atoms with E-state index in [1.165, 1.54) is 6.33 Å². The molecule has 0 saturated carbocycles. The normalized spacial score (nSPS) is 17.6. The minimum absolute atomic E-state index is 0.297. The second-order valence-corrected chi connectivity index (χ2v) is 9.60. The van der Waals surface area contributed by atoms with Gasteiger partial charge in [0.1, 0.15) is 17.4 Å². The summed E-state index contributed by atoms with van der Waals surface area (Å²) in [5.41, 5.74) is 4.64. The number of imidazole rings is 1. The highest BCUT2D eigenvalue weighted by molar-refractivity contribution is 6.13. The summed E-state index contributed by atoms with van der Waals surface area (Å²) in [7, 11) is 0. The van der Waals surface area contributed by atoms with Crippen molar-refractivity contribution in [3.63, 3.8) is 0 Å². The molecule has 192 valence electrons. The lowest BCUT2D eigenvalue weighted by molar-refractivity contribution is 0.102. The Morgan fingerprint density at radius 1 is 1.05 bits per heavy atom. The number of anilines is 2. The van der Waals surface area contributed by atoms with Crippen molar-refractivity contribution >= 4 is 34.0 Å². The van der Waals surface area contributed by atoms with Gasteiger partial charge in [0, 0.05) is 56.0 Å². The van der Waals surface area contributed by atoms with Gasteiger partial charge in [0.05, 0.1) is 35.0 Å². The number of piperazine rings is 1. The van der Waals surface area contributed by atoms with Crippen molar-refractivity contribution < 1.29 is 9.53 Å². The first-order valence-electron chi connectivity index (χ1n) is 12.4. The van der Waals surface area contributed by atoms with Gasteiger partial charge in [-0.05, 0) is 32.9 Å². The van der Waals surface area contributed by atoms with E-state index in [0.717, 1.165) is 24.5 Å². The zero-order valence-electron chi connectivity index (χ0n) is 21.3. The Balaban J connectivity index is 1.34. The molecule has 2 N–H and O–H groups in total. The number of benzene rings is 1. The standard InChI is InChI=1S/C27H27N9O2/c1-16-11-35(12-17(2)32-16)22-5-4-21(24-25(22)31-7-6-30-24)27(37)34-19-8-23(38-20-9-28-15-29-10-20)26-33-18(3)13-36(26)14-19/h4-10,13-17,32H,11-12H2,1-3H3,(H,34,37)/t16-,17-/m1/s1. The summed E-state index contributed by atoms with van der Waals surface area (Å²) in [6.07, 6.45) is 11.5. The van der Waals surface area contributed by atoms with Gasteiger partial charge in [-0.1, -0.05) is 0 Å². The molecule has 0 unspecified atom stereocenters. The van der Waals surface area contributed by atoms with Crippen molar-refractivity contribution in [3.8, 4) is 11.5 Å². The topological polar surface area (TPSA) is 122 Å². The molecule has 11 heteroatoms. The number of nitrogens with one attached hydrogen (secondary N) is 2. The number of fused-ring (bicyclic) bond motifs is 2. The second-order valence-electron chi connectivity index (χ2n) is 9.60. The lowest BCUT2D eigenvalue weighted by atomic mass is 10.1. The molecule has 1 amide bonds. The Morgan fingerprint density at radius 2 is 1.79 bits per heavy atom. The minimum Gasteiger partial charge on any atom is -0.450 e. The highest BCUT2D eigenvalue weighted by Crippen LogP contribution is 2.31. The van der Waals surface area contributed by atoms with E-state index in [2.05, 4.69) is 54.3 Å². The fourth-order valence-corrected chi connectivity index (χ4v) is 5.00. The molecule has 38 heavy (non-hydrogen) atoms. The maximum atomic E-state index is 13.5. The highest BCUT2D eigenvalue weighted by atomic mass is 16.5. The maximum Gasteiger partial charge on any atom is 0.257 e. The van der Waals surface area contributed by atoms with Crippen molar-refractivity contribution in [2.24, 2.45) is 0 Å². The van der Waals surface area contributed by atoms with Crippen LogP contribution < -0.4 is 20.3 Å². The average Bonchev–Trinajstić information content (AvgIpc) is 3.28. The van der Waals surface area contributed by atoms with Crippen LogP contribution in [0.4, 0.5) is 11.4 Å². The van der Waals surface area contributed by atoms with Gasteiger partial charge in [-0.3, -0.25) is 14.8 Å². The minimum atomic E-state index is -0.297. The monoisotopic (exact) mass is 509 g/mol. The highest BCUT2D eigenvalue weighted by Gasteiger charge is 2.25. The fourth-order valence-electron chi connectivity index (χ4n) is 5.00. The molecule has 1 fully saturated rings. The second kappa shape index (κ2) is 9.67. The summed E-state index contributed by atoms with van der Waals surface area (Å²) in [5.74, 6) is 0.633. The molecule has 0 spiro atoms. The van der Waals surface area contributed by atoms with Crippen LogP contribution in [-0.2, 0) is 0 Å². The van der Waals surface area contributed by atoms with Crippen molar-refractivity contribution in [1.29, 1.82) is 0 Å². The summed E-state index contributed by atoms with van der Waals surface area (Å²) in [6.45, 7) is 7.93. The number of aryl methyl sites for hydroxylation is 1. The SMILES string of the molecule is Cc1cn2cc(NC(=O)c3ccc(N4C[C@@H](C)N[C@H](C)C4)c4nccnc34)cc(Oc3cncnc3)c2n1. The van der Waals surface area contributed by atoms with Crippen LogP contribution in [0.5, 0.6) is 11.5 Å². The first-order valence-corrected chi connectivity index (χ1v) is 12.4. The predicted octanol–water partition coefficient (Wildman–Crippen LogP) is 3.61. The van der Waals surface area contributed by atoms with E-state index in [4.69, 9.17) is 4.74 Å². The third-order valence-electron chi connectivity index (χ3n) is 6.41. The molecule has 0 bridgehead atoms. The molecule has 0 radical (unpaired) electrons. The lowest BCUT2D eigenvalue weighted by Gasteiger charge is -2.38. The molecule has 5 heterocycles. The van der Waals surface area contributed by atoms with Gasteiger partial charge in [0.25, 0.3) is 5.91 Å². The Hall–Kier alpha value is -4.64. The van der Waals surface area contributed by atoms with Crippen molar-refractivity contribution in [3.05, 3.63) is 73.0 Å². The molecule has 4 aromatic heterocycles. The number of amides is 1. The van der Waals surface area contributed by atoms with Crippen LogP contribution in [0.2, 0.25) is 0 Å². The number of ether oxygens (including phenoxy) is 1. The van der Waals surface area contributed by atoms with Crippen LogP contribution in [-0.4, -0.2) is 60.4 Å². The number of hydrogen-bond donors (Lipinski definition) is 2. The van der Waals surface area contributed by atoms with Crippen LogP contribution in [0.15, 0.2) is 61.7 Å². The van der Waals surface area contributed by atoms with E-state index in [0.29, 0.717) is 51.5 Å². The molecule has 1 aliphatic heterocycles. The molecule has 11 nitrogen and oxygen atoms in total. The summed E-state index contributed by atoms with van der Waals surface area (Å²) in [5, 5.41) is 6.55. The van der Waals surface area contributed by atoms with E-state index in [1.54, 1.807) is 37.1 Å². The molecular formula is C27H27N9O2. The molecule has 1 aliphatic rings. The van der Waals surface area contributed by atoms with Gasteiger partial charge in [-0.2, -0.15) is 0 Å². The van der Waals surface area contributed by atoms with Crippen LogP contribution in [0.25, 0.3) is 16.7 Å². The zero-order valence-corrected chi connectivity index (χ0v) is 21.3. The van der Waals surface area contributed by atoms with Gasteiger partial charge in [0.2, 0.25) is 0 Å². The fraction of sp³-hybridized carbons (Fsp3) is 0.259. The Kier molecular flexibility index (Phi) is 6.04. The quantitative estimate of drug-likeness (QED) is 0.366. The molecule has 1 saturated heterocycles. The first kappa shape index (κ1) is 23.7. The van der Waals surface area contributed by atoms with Gasteiger partial charge in [-0.15, -0.1) is 0 Å². The average molecular weight is 510 g/mol. The van der Waals surface area contributed by atoms with Crippen LogP contribution in [0.3, 0.4) is 0 Å². The molecule has 1 aromatic carbocycles. The van der Waals surface area contributed by atoms with Gasteiger partial charge >= 0.3 is 0 Å². The number of rotatable bonds is 5. The number of carbonyl (C=O) groups excluding carboxylic acids is 1. The Labute approximate surface area is 218 Å². The molecule has 5 aromatic rings. The zero-order chi connectivity index (χ0) is 26.2. The van der Waals surface area contributed by atoms with Gasteiger partial charge in [0.15, 0.2) is 17.1 Å². The third kappa shape index (κ3) is 4.59. The number of hydrogen-bond acceptors (Lipinski definition) is 9. The largest absolute Gasteiger partial charge is 0.450 e. The number of aromatic nitrogens is 6. The van der Waals surface area contributed by atoms with E-state index in [1.807, 2.05) is 29.7 Å². The van der Waals surface area contributed by atoms with Crippen molar-refractivity contribution in [1.82, 2.24) is 34.6 Å². The van der Waals surface area contributed by atoms with Crippen LogP contribution in [0.1, 0.15) is 29.9 Å². The van der Waals surface area contributed by atoms with Gasteiger partial charge < -0.3 is 24.7 Å². The van der Waals surface area contributed by atoms with Crippen LogP contribution in [0, 0.1) is 6.92 Å². The maximum absolute atomic E-state index is 13.5. The molecular weight excluding hydrogens is 482 g/mol. The van der Waals surface area contributed by atoms with E-state index < -0.39 is 0 Å². The van der Waals surface area contributed by atoms with E-state index >= 15 is 0 Å². The van der Waals surface area contributed by atoms with E-state index in [9.17, 15) is 4.79 Å². The predicted molar refractivity (Wildman–Crippen MR) is 144 cm³/mol. The number of carbonyl (C=O) groups is 1. The smallest absolute Gasteiger partial charge is 0.257 e. The summed E-state index contributed by atoms with van der Waals surface area (Å²) >= 11 is 0. The summed E-state index contributed by atoms with van der Waals surface area (Å²) in [6, 6.07) is 6.20. The summed E-state index contributed by atoms with van der Waals surface area (Å²) < 4.78 is 7.83. The Morgan fingerprint density at radius 3 is 2.55 bits per heavy atom. The molecule has 6 rings (SSSR count). The third-order valence-corrected chi connectivity index (χ3v) is 6.41. The molecule has 0 aliphatic carbocycles. The van der Waals surface area contributed by atoms with Crippen molar-refractivity contribution in [2.45, 2.75) is 32.9 Å². The van der Waals surface area contributed by atoms with Crippen molar-refractivity contribution in [2.75, 3.05) is 23.3 Å².